The van der Waals surface area contributed by atoms with Crippen molar-refractivity contribution in [2.45, 2.75) is 90.1 Å². The van der Waals surface area contributed by atoms with E-state index >= 15 is 0 Å². The van der Waals surface area contributed by atoms with Crippen molar-refractivity contribution in [1.29, 1.82) is 0 Å². The summed E-state index contributed by atoms with van der Waals surface area (Å²) in [5.74, 6) is -5.33. The number of nitrogens with two attached hydrogens (primary N) is 2. The van der Waals surface area contributed by atoms with Crippen molar-refractivity contribution in [3.63, 3.8) is 0 Å². The lowest BCUT2D eigenvalue weighted by Gasteiger charge is -2.26. The number of primary amides is 1. The van der Waals surface area contributed by atoms with E-state index in [9.17, 15) is 38.4 Å². The maximum atomic E-state index is 13.5. The average molecular weight is 647 g/mol. The Morgan fingerprint density at radius 3 is 1.70 bits per heavy atom. The Labute approximate surface area is 267 Å². The Bertz CT molecular complexity index is 1240. The minimum Gasteiger partial charge on any atom is -0.370 e. The van der Waals surface area contributed by atoms with E-state index < -0.39 is 84.0 Å². The van der Waals surface area contributed by atoms with Gasteiger partial charge in [-0.15, -0.1) is 0 Å². The van der Waals surface area contributed by atoms with Gasteiger partial charge in [-0.25, -0.2) is 0 Å². The van der Waals surface area contributed by atoms with Gasteiger partial charge in [0.1, 0.15) is 36.5 Å². The van der Waals surface area contributed by atoms with Crippen LogP contribution in [-0.2, 0) is 44.8 Å². The zero-order valence-electron chi connectivity index (χ0n) is 26.8. The molecule has 254 valence electrons. The Morgan fingerprint density at radius 1 is 0.674 bits per heavy atom. The maximum Gasteiger partial charge on any atom is 0.243 e. The third-order valence-corrected chi connectivity index (χ3v) is 6.57. The van der Waals surface area contributed by atoms with Crippen LogP contribution in [-0.4, -0.2) is 90.4 Å². The molecule has 1 aromatic rings. The summed E-state index contributed by atoms with van der Waals surface area (Å²) in [4.78, 5) is 99.4. The third-order valence-electron chi connectivity index (χ3n) is 6.57. The standard InChI is InChI=1S/C30H46N8O8/c1-16(2)13-21(28(44)33-11-12-39)37-29(45)22(14-20-9-7-6-8-10-20)38-30(46)23(15-24(32)40)36-27(43)19(5)35-26(42)18(4)34-25(41)17(3)31/h6-10,12,16-19,21-23H,11,13-15,31H2,1-5H3,(H2,32,40)(H,33,44)(H,34,41)(H,35,42)(H,36,43)(H,37,45)(H,38,46)/t17-,18-,19-,21-,22-,23-/m0/s1. The van der Waals surface area contributed by atoms with E-state index in [0.29, 0.717) is 11.8 Å². The first-order valence-electron chi connectivity index (χ1n) is 14.9. The molecule has 0 radical (unpaired) electrons. The third kappa shape index (κ3) is 14.3. The molecule has 0 saturated carbocycles. The Kier molecular flexibility index (Phi) is 16.6. The van der Waals surface area contributed by atoms with Gasteiger partial charge in [0.25, 0.3) is 0 Å². The highest BCUT2D eigenvalue weighted by Crippen LogP contribution is 2.09. The van der Waals surface area contributed by atoms with Crippen molar-refractivity contribution in [2.75, 3.05) is 6.54 Å². The van der Waals surface area contributed by atoms with Crippen LogP contribution >= 0.6 is 0 Å². The minimum atomic E-state index is -1.53. The molecule has 16 nitrogen and oxygen atoms in total. The van der Waals surface area contributed by atoms with E-state index in [1.165, 1.54) is 20.8 Å². The van der Waals surface area contributed by atoms with E-state index in [4.69, 9.17) is 11.5 Å². The monoisotopic (exact) mass is 646 g/mol. The molecule has 16 heteroatoms. The van der Waals surface area contributed by atoms with Crippen molar-refractivity contribution in [3.8, 4) is 0 Å². The summed E-state index contributed by atoms with van der Waals surface area (Å²) in [6.07, 6.45) is 0.0883. The molecule has 46 heavy (non-hydrogen) atoms. The second-order valence-corrected chi connectivity index (χ2v) is 11.3. The quantitative estimate of drug-likeness (QED) is 0.0725. The Morgan fingerprint density at radius 2 is 1.17 bits per heavy atom. The normalized spacial score (nSPS) is 14.7. The minimum absolute atomic E-state index is 0.0164. The lowest BCUT2D eigenvalue weighted by molar-refractivity contribution is -0.136. The maximum absolute atomic E-state index is 13.5. The Balaban J connectivity index is 3.15. The topological polar surface area (TPSA) is 261 Å². The average Bonchev–Trinajstić information content (AvgIpc) is 2.98. The highest BCUT2D eigenvalue weighted by Gasteiger charge is 2.32. The number of carbonyl (C=O) groups is 8. The molecule has 0 spiro atoms. The highest BCUT2D eigenvalue weighted by molar-refractivity contribution is 5.98. The van der Waals surface area contributed by atoms with Crippen LogP contribution in [0.1, 0.15) is 53.0 Å². The van der Waals surface area contributed by atoms with Gasteiger partial charge in [0.05, 0.1) is 19.0 Å². The first-order chi connectivity index (χ1) is 21.5. The van der Waals surface area contributed by atoms with Crippen LogP contribution in [0.2, 0.25) is 0 Å². The number of nitrogens with one attached hydrogen (secondary N) is 6. The molecule has 1 rings (SSSR count). The molecule has 7 amide bonds. The van der Waals surface area contributed by atoms with E-state index in [1.807, 2.05) is 13.8 Å². The predicted octanol–water partition coefficient (Wildman–Crippen LogP) is -2.72. The molecule has 0 aromatic heterocycles. The van der Waals surface area contributed by atoms with Gasteiger partial charge in [-0.2, -0.15) is 0 Å². The molecular weight excluding hydrogens is 600 g/mol. The molecule has 6 atom stereocenters. The SMILES string of the molecule is CC(C)C[C@H](NC(=O)[C@H](Cc1ccccc1)NC(=O)[C@H](CC(N)=O)NC(=O)[C@H](C)NC(=O)[C@H](C)NC(=O)[C@H](C)N)C(=O)NCC=O. The lowest BCUT2D eigenvalue weighted by Crippen LogP contribution is -2.59. The fourth-order valence-electron chi connectivity index (χ4n) is 4.09. The zero-order valence-corrected chi connectivity index (χ0v) is 26.8. The first kappa shape index (κ1) is 39.2. The van der Waals surface area contributed by atoms with Gasteiger partial charge < -0.3 is 48.2 Å². The smallest absolute Gasteiger partial charge is 0.243 e. The summed E-state index contributed by atoms with van der Waals surface area (Å²) >= 11 is 0. The van der Waals surface area contributed by atoms with Gasteiger partial charge in [-0.1, -0.05) is 44.2 Å². The number of amides is 7. The molecule has 10 N–H and O–H groups in total. The van der Waals surface area contributed by atoms with Crippen LogP contribution in [0.25, 0.3) is 0 Å². The second kappa shape index (κ2) is 19.5. The molecule has 0 saturated heterocycles. The number of carbonyl (C=O) groups excluding carboxylic acids is 8. The summed E-state index contributed by atoms with van der Waals surface area (Å²) in [6, 6.07) is 1.75. The lowest BCUT2D eigenvalue weighted by atomic mass is 10.0. The summed E-state index contributed by atoms with van der Waals surface area (Å²) in [6.45, 7) is 7.58. The summed E-state index contributed by atoms with van der Waals surface area (Å²) < 4.78 is 0. The van der Waals surface area contributed by atoms with Crippen LogP contribution < -0.4 is 43.4 Å². The van der Waals surface area contributed by atoms with Crippen molar-refractivity contribution in [1.82, 2.24) is 31.9 Å². The van der Waals surface area contributed by atoms with Crippen molar-refractivity contribution in [2.24, 2.45) is 17.4 Å². The largest absolute Gasteiger partial charge is 0.370 e. The van der Waals surface area contributed by atoms with Crippen LogP contribution in [0.5, 0.6) is 0 Å². The molecule has 0 heterocycles. The number of aldehydes is 1. The van der Waals surface area contributed by atoms with Gasteiger partial charge in [-0.3, -0.25) is 33.6 Å². The Hall–Kier alpha value is -4.86. The van der Waals surface area contributed by atoms with Crippen LogP contribution in [0, 0.1) is 5.92 Å². The molecule has 0 aliphatic carbocycles. The van der Waals surface area contributed by atoms with Crippen molar-refractivity contribution in [3.05, 3.63) is 35.9 Å². The van der Waals surface area contributed by atoms with Crippen LogP contribution in [0.3, 0.4) is 0 Å². The summed E-state index contributed by atoms with van der Waals surface area (Å²) in [7, 11) is 0. The molecule has 0 aliphatic heterocycles. The number of hydrogen-bond donors (Lipinski definition) is 8. The second-order valence-electron chi connectivity index (χ2n) is 11.3. The van der Waals surface area contributed by atoms with E-state index in [-0.39, 0.29) is 25.3 Å². The summed E-state index contributed by atoms with van der Waals surface area (Å²) in [5, 5.41) is 14.7. The number of hydrogen-bond acceptors (Lipinski definition) is 9. The van der Waals surface area contributed by atoms with Crippen LogP contribution in [0.15, 0.2) is 30.3 Å². The number of rotatable bonds is 19. The molecule has 0 aliphatic rings. The number of benzene rings is 1. The van der Waals surface area contributed by atoms with E-state index in [1.54, 1.807) is 30.3 Å². The van der Waals surface area contributed by atoms with Gasteiger partial charge in [-0.05, 0) is 38.7 Å². The van der Waals surface area contributed by atoms with E-state index in [2.05, 4.69) is 31.9 Å². The molecule has 0 unspecified atom stereocenters. The van der Waals surface area contributed by atoms with Gasteiger partial charge in [0.15, 0.2) is 0 Å². The molecular formula is C30H46N8O8. The molecule has 0 fully saturated rings. The van der Waals surface area contributed by atoms with Gasteiger partial charge in [0, 0.05) is 6.42 Å². The fourth-order valence-corrected chi connectivity index (χ4v) is 4.09. The van der Waals surface area contributed by atoms with Crippen molar-refractivity contribution < 1.29 is 38.4 Å². The molecule has 0 bridgehead atoms. The van der Waals surface area contributed by atoms with Crippen LogP contribution in [0.4, 0.5) is 0 Å². The van der Waals surface area contributed by atoms with Gasteiger partial charge >= 0.3 is 0 Å². The predicted molar refractivity (Wildman–Crippen MR) is 167 cm³/mol. The fraction of sp³-hybridized carbons (Fsp3) is 0.533. The van der Waals surface area contributed by atoms with Gasteiger partial charge in [0.2, 0.25) is 41.4 Å². The van der Waals surface area contributed by atoms with Crippen molar-refractivity contribution >= 4 is 47.6 Å². The van der Waals surface area contributed by atoms with E-state index in [0.717, 1.165) is 0 Å². The zero-order chi connectivity index (χ0) is 35.0. The summed E-state index contributed by atoms with van der Waals surface area (Å²) in [5.41, 5.74) is 11.5. The highest BCUT2D eigenvalue weighted by atomic mass is 16.2. The first-order valence-corrected chi connectivity index (χ1v) is 14.9. The molecule has 1 aromatic carbocycles.